The number of para-hydroxylation sites is 1. The molecule has 1 heterocycles. The molecule has 0 fully saturated rings. The summed E-state index contributed by atoms with van der Waals surface area (Å²) in [7, 11) is 0. The number of hydrogen-bond acceptors (Lipinski definition) is 2. The van der Waals surface area contributed by atoms with Crippen LogP contribution in [-0.2, 0) is 0 Å². The van der Waals surface area contributed by atoms with Crippen LogP contribution < -0.4 is 0 Å². The second-order valence-electron chi connectivity index (χ2n) is 5.34. The van der Waals surface area contributed by atoms with Crippen molar-refractivity contribution < 1.29 is 14.3 Å². The van der Waals surface area contributed by atoms with Crippen LogP contribution >= 0.6 is 0 Å². The Labute approximate surface area is 113 Å². The predicted octanol–water partition coefficient (Wildman–Crippen LogP) is 4.77. The molecule has 3 nitrogen and oxygen atoms in total. The third kappa shape index (κ3) is 2.25. The maximum absolute atomic E-state index is 11.4. The normalized spacial score (nSPS) is 13.1. The molecule has 0 aliphatic heterocycles. The van der Waals surface area contributed by atoms with Gasteiger partial charge in [-0.15, -0.1) is 0 Å². The van der Waals surface area contributed by atoms with Crippen LogP contribution in [0.1, 0.15) is 67.6 Å². The zero-order chi connectivity index (χ0) is 14.2. The van der Waals surface area contributed by atoms with Gasteiger partial charge in [-0.1, -0.05) is 45.9 Å². The fourth-order valence-electron chi connectivity index (χ4n) is 2.50. The standard InChI is InChI=1S/C16H20O3/c1-5-10(4)11-7-6-8-12-13(9(2)3)15(16(17)18)19-14(11)12/h6-10H,5H2,1-4H3,(H,17,18). The van der Waals surface area contributed by atoms with E-state index in [4.69, 9.17) is 4.42 Å². The number of benzene rings is 1. The topological polar surface area (TPSA) is 50.4 Å². The minimum atomic E-state index is -0.991. The van der Waals surface area contributed by atoms with Crippen molar-refractivity contribution in [2.45, 2.75) is 46.0 Å². The number of fused-ring (bicyclic) bond motifs is 1. The summed E-state index contributed by atoms with van der Waals surface area (Å²) in [4.78, 5) is 11.4. The number of carboxylic acids is 1. The van der Waals surface area contributed by atoms with Crippen LogP contribution in [0.4, 0.5) is 0 Å². The SMILES string of the molecule is CCC(C)c1cccc2c(C(C)C)c(C(=O)O)oc12. The number of rotatable bonds is 4. The highest BCUT2D eigenvalue weighted by molar-refractivity contribution is 5.96. The number of carbonyl (C=O) groups is 1. The van der Waals surface area contributed by atoms with E-state index in [-0.39, 0.29) is 11.7 Å². The Morgan fingerprint density at radius 1 is 1.32 bits per heavy atom. The zero-order valence-corrected chi connectivity index (χ0v) is 11.9. The highest BCUT2D eigenvalue weighted by atomic mass is 16.4. The summed E-state index contributed by atoms with van der Waals surface area (Å²) in [5.41, 5.74) is 2.63. The molecule has 0 bridgehead atoms. The third-order valence-corrected chi connectivity index (χ3v) is 3.70. The van der Waals surface area contributed by atoms with Crippen LogP contribution in [0.3, 0.4) is 0 Å². The smallest absolute Gasteiger partial charge is 0.372 e. The molecule has 1 N–H and O–H groups in total. The lowest BCUT2D eigenvalue weighted by molar-refractivity contribution is 0.0662. The van der Waals surface area contributed by atoms with Crippen molar-refractivity contribution in [2.75, 3.05) is 0 Å². The summed E-state index contributed by atoms with van der Waals surface area (Å²) in [6, 6.07) is 5.96. The maximum Gasteiger partial charge on any atom is 0.372 e. The summed E-state index contributed by atoms with van der Waals surface area (Å²) >= 11 is 0. The predicted molar refractivity (Wildman–Crippen MR) is 76.0 cm³/mol. The molecule has 2 rings (SSSR count). The summed E-state index contributed by atoms with van der Waals surface area (Å²) < 4.78 is 5.68. The minimum absolute atomic E-state index is 0.0840. The molecule has 0 spiro atoms. The largest absolute Gasteiger partial charge is 0.475 e. The van der Waals surface area contributed by atoms with Gasteiger partial charge in [-0.05, 0) is 23.8 Å². The third-order valence-electron chi connectivity index (χ3n) is 3.70. The van der Waals surface area contributed by atoms with Crippen molar-refractivity contribution in [1.82, 2.24) is 0 Å². The fraction of sp³-hybridized carbons (Fsp3) is 0.438. The first-order valence-electron chi connectivity index (χ1n) is 6.75. The fourth-order valence-corrected chi connectivity index (χ4v) is 2.50. The van der Waals surface area contributed by atoms with Crippen LogP contribution in [-0.4, -0.2) is 11.1 Å². The van der Waals surface area contributed by atoms with Crippen molar-refractivity contribution >= 4 is 16.9 Å². The monoisotopic (exact) mass is 260 g/mol. The molecule has 0 saturated carbocycles. The Balaban J connectivity index is 2.79. The van der Waals surface area contributed by atoms with Crippen LogP contribution in [0.5, 0.6) is 0 Å². The van der Waals surface area contributed by atoms with Gasteiger partial charge >= 0.3 is 5.97 Å². The van der Waals surface area contributed by atoms with Crippen LogP contribution in [0, 0.1) is 0 Å². The highest BCUT2D eigenvalue weighted by Gasteiger charge is 2.24. The van der Waals surface area contributed by atoms with E-state index in [0.29, 0.717) is 5.92 Å². The van der Waals surface area contributed by atoms with E-state index in [0.717, 1.165) is 28.5 Å². The van der Waals surface area contributed by atoms with Gasteiger partial charge in [-0.25, -0.2) is 4.79 Å². The lowest BCUT2D eigenvalue weighted by atomic mass is 9.93. The molecular weight excluding hydrogens is 240 g/mol. The van der Waals surface area contributed by atoms with E-state index < -0.39 is 5.97 Å². The first-order chi connectivity index (χ1) is 8.97. The Kier molecular flexibility index (Phi) is 3.65. The highest BCUT2D eigenvalue weighted by Crippen LogP contribution is 2.36. The van der Waals surface area contributed by atoms with Crippen LogP contribution in [0.15, 0.2) is 22.6 Å². The van der Waals surface area contributed by atoms with Crippen molar-refractivity contribution in [3.05, 3.63) is 35.1 Å². The summed E-state index contributed by atoms with van der Waals surface area (Å²) in [5, 5.41) is 10.2. The molecule has 0 aliphatic carbocycles. The molecule has 0 radical (unpaired) electrons. The molecule has 0 saturated heterocycles. The van der Waals surface area contributed by atoms with E-state index in [1.807, 2.05) is 32.0 Å². The van der Waals surface area contributed by atoms with Gasteiger partial charge in [0.1, 0.15) is 5.58 Å². The lowest BCUT2D eigenvalue weighted by Gasteiger charge is -2.09. The van der Waals surface area contributed by atoms with Gasteiger partial charge in [-0.2, -0.15) is 0 Å². The van der Waals surface area contributed by atoms with Crippen molar-refractivity contribution in [2.24, 2.45) is 0 Å². The molecule has 102 valence electrons. The van der Waals surface area contributed by atoms with E-state index >= 15 is 0 Å². The molecule has 19 heavy (non-hydrogen) atoms. The zero-order valence-electron chi connectivity index (χ0n) is 11.9. The number of carboxylic acid groups (broad SMARTS) is 1. The second kappa shape index (κ2) is 5.08. The average molecular weight is 260 g/mol. The number of furan rings is 1. The molecule has 1 aromatic heterocycles. The molecule has 1 unspecified atom stereocenters. The van der Waals surface area contributed by atoms with Gasteiger partial charge in [0, 0.05) is 10.9 Å². The van der Waals surface area contributed by atoms with E-state index in [9.17, 15) is 9.90 Å². The van der Waals surface area contributed by atoms with Crippen LogP contribution in [0.25, 0.3) is 11.0 Å². The van der Waals surface area contributed by atoms with Gasteiger partial charge in [0.05, 0.1) is 0 Å². The lowest BCUT2D eigenvalue weighted by Crippen LogP contribution is -2.00. The molecule has 2 aromatic rings. The molecule has 1 atom stereocenters. The van der Waals surface area contributed by atoms with Crippen molar-refractivity contribution in [3.63, 3.8) is 0 Å². The average Bonchev–Trinajstić information content (AvgIpc) is 2.77. The van der Waals surface area contributed by atoms with E-state index in [2.05, 4.69) is 13.8 Å². The second-order valence-corrected chi connectivity index (χ2v) is 5.34. The summed E-state index contributed by atoms with van der Waals surface area (Å²) in [6.07, 6.45) is 0.999. The number of aromatic carboxylic acids is 1. The molecule has 0 aliphatic rings. The Hall–Kier alpha value is -1.77. The van der Waals surface area contributed by atoms with E-state index in [1.54, 1.807) is 0 Å². The quantitative estimate of drug-likeness (QED) is 0.861. The minimum Gasteiger partial charge on any atom is -0.475 e. The summed E-state index contributed by atoms with van der Waals surface area (Å²) in [6.45, 7) is 8.24. The maximum atomic E-state index is 11.4. The van der Waals surface area contributed by atoms with Gasteiger partial charge in [0.2, 0.25) is 5.76 Å². The van der Waals surface area contributed by atoms with Crippen molar-refractivity contribution in [3.8, 4) is 0 Å². The molecular formula is C16H20O3. The molecule has 1 aromatic carbocycles. The van der Waals surface area contributed by atoms with E-state index in [1.165, 1.54) is 0 Å². The van der Waals surface area contributed by atoms with Crippen LogP contribution in [0.2, 0.25) is 0 Å². The first-order valence-corrected chi connectivity index (χ1v) is 6.75. The molecule has 3 heteroatoms. The Morgan fingerprint density at radius 3 is 2.53 bits per heavy atom. The van der Waals surface area contributed by atoms with Gasteiger partial charge in [0.15, 0.2) is 0 Å². The van der Waals surface area contributed by atoms with Crippen molar-refractivity contribution in [1.29, 1.82) is 0 Å². The Bertz CT molecular complexity index is 608. The van der Waals surface area contributed by atoms with Gasteiger partial charge in [-0.3, -0.25) is 0 Å². The van der Waals surface area contributed by atoms with Gasteiger partial charge < -0.3 is 9.52 Å². The number of hydrogen-bond donors (Lipinski definition) is 1. The summed E-state index contributed by atoms with van der Waals surface area (Å²) in [5.74, 6) is -0.424. The Morgan fingerprint density at radius 2 is 2.00 bits per heavy atom. The molecule has 0 amide bonds. The van der Waals surface area contributed by atoms with Gasteiger partial charge in [0.25, 0.3) is 0 Å². The first kappa shape index (κ1) is 13.7.